The van der Waals surface area contributed by atoms with E-state index in [1.54, 1.807) is 49.8 Å². The van der Waals surface area contributed by atoms with Crippen molar-refractivity contribution in [3.8, 4) is 5.75 Å². The van der Waals surface area contributed by atoms with E-state index in [2.05, 4.69) is 4.98 Å². The Labute approximate surface area is 178 Å². The predicted octanol–water partition coefficient (Wildman–Crippen LogP) is 3.85. The Morgan fingerprint density at radius 2 is 1.81 bits per heavy atom. The number of benzene rings is 2. The summed E-state index contributed by atoms with van der Waals surface area (Å²) in [5.41, 5.74) is 1.59. The summed E-state index contributed by atoms with van der Waals surface area (Å²) in [4.78, 5) is 31.3. The molecule has 1 aromatic heterocycles. The van der Waals surface area contributed by atoms with E-state index in [-0.39, 0.29) is 23.4 Å². The predicted molar refractivity (Wildman–Crippen MR) is 111 cm³/mol. The number of likely N-dealkylation sites (tertiary alicyclic amines) is 1. The van der Waals surface area contributed by atoms with Gasteiger partial charge in [0, 0.05) is 24.5 Å². The van der Waals surface area contributed by atoms with Gasteiger partial charge in [-0.1, -0.05) is 12.1 Å². The molecule has 2 heterocycles. The van der Waals surface area contributed by atoms with Crippen LogP contribution in [0.15, 0.2) is 78.6 Å². The Balaban J connectivity index is 1.83. The number of carbonyl (C=O) groups excluding carboxylic acids is 2. The van der Waals surface area contributed by atoms with Crippen molar-refractivity contribution in [2.75, 3.05) is 7.11 Å². The van der Waals surface area contributed by atoms with Crippen LogP contribution in [0.25, 0.3) is 5.76 Å². The van der Waals surface area contributed by atoms with Gasteiger partial charge >= 0.3 is 0 Å². The molecule has 1 fully saturated rings. The van der Waals surface area contributed by atoms with Crippen LogP contribution in [-0.2, 0) is 16.1 Å². The molecular weight excluding hydrogens is 399 g/mol. The third-order valence-electron chi connectivity index (χ3n) is 5.17. The van der Waals surface area contributed by atoms with E-state index in [0.717, 1.165) is 5.56 Å². The smallest absolute Gasteiger partial charge is 0.295 e. The highest BCUT2D eigenvalue weighted by atomic mass is 19.1. The second kappa shape index (κ2) is 8.39. The summed E-state index contributed by atoms with van der Waals surface area (Å²) in [7, 11) is 1.55. The highest BCUT2D eigenvalue weighted by molar-refractivity contribution is 6.46. The molecule has 1 N–H and O–H groups in total. The maximum atomic E-state index is 13.3. The Hall–Kier alpha value is -4.00. The molecule has 7 heteroatoms. The van der Waals surface area contributed by atoms with Crippen LogP contribution in [0.3, 0.4) is 0 Å². The second-order valence-corrected chi connectivity index (χ2v) is 7.07. The molecule has 0 spiro atoms. The van der Waals surface area contributed by atoms with Crippen LogP contribution in [0.1, 0.15) is 22.7 Å². The molecule has 1 unspecified atom stereocenters. The third kappa shape index (κ3) is 3.90. The van der Waals surface area contributed by atoms with Crippen molar-refractivity contribution in [1.29, 1.82) is 0 Å². The number of Topliss-reactive ketones (excluding diaryl/α,β-unsaturated/α-hetero) is 1. The normalized spacial score (nSPS) is 17.7. The van der Waals surface area contributed by atoms with Gasteiger partial charge in [0.05, 0.1) is 18.7 Å². The van der Waals surface area contributed by atoms with E-state index < -0.39 is 23.5 Å². The lowest BCUT2D eigenvalue weighted by atomic mass is 9.96. The minimum absolute atomic E-state index is 0.0503. The fraction of sp³-hybridized carbons (Fsp3) is 0.125. The van der Waals surface area contributed by atoms with E-state index in [1.807, 2.05) is 6.07 Å². The second-order valence-electron chi connectivity index (χ2n) is 7.07. The highest BCUT2D eigenvalue weighted by Gasteiger charge is 2.46. The zero-order valence-corrected chi connectivity index (χ0v) is 16.7. The van der Waals surface area contributed by atoms with Crippen LogP contribution < -0.4 is 4.74 Å². The van der Waals surface area contributed by atoms with Crippen LogP contribution in [0.2, 0.25) is 0 Å². The minimum atomic E-state index is -0.820. The van der Waals surface area contributed by atoms with E-state index in [1.165, 1.54) is 29.2 Å². The molecule has 3 aromatic rings. The molecule has 2 aromatic carbocycles. The first-order chi connectivity index (χ1) is 15.0. The molecule has 0 saturated carbocycles. The number of carbonyl (C=O) groups is 2. The van der Waals surface area contributed by atoms with Crippen molar-refractivity contribution in [2.24, 2.45) is 0 Å². The van der Waals surface area contributed by atoms with Gasteiger partial charge in [0.1, 0.15) is 17.3 Å². The molecule has 1 saturated heterocycles. The van der Waals surface area contributed by atoms with Crippen LogP contribution in [-0.4, -0.2) is 33.8 Å². The lowest BCUT2D eigenvalue weighted by molar-refractivity contribution is -0.140. The van der Waals surface area contributed by atoms with Gasteiger partial charge in [0.25, 0.3) is 11.7 Å². The van der Waals surface area contributed by atoms with Crippen molar-refractivity contribution in [2.45, 2.75) is 12.6 Å². The topological polar surface area (TPSA) is 79.7 Å². The fourth-order valence-corrected chi connectivity index (χ4v) is 3.67. The number of ketones is 1. The number of rotatable bonds is 5. The fourth-order valence-electron chi connectivity index (χ4n) is 3.67. The first-order valence-corrected chi connectivity index (χ1v) is 9.57. The van der Waals surface area contributed by atoms with Gasteiger partial charge in [-0.3, -0.25) is 14.6 Å². The molecule has 1 amide bonds. The van der Waals surface area contributed by atoms with Crippen molar-refractivity contribution in [1.82, 2.24) is 9.88 Å². The SMILES string of the molecule is COc1cccc(CN2C(=O)C(=O)/C(=C(\O)c3ccc(F)cc3)C2c2ccncc2)c1. The summed E-state index contributed by atoms with van der Waals surface area (Å²) in [5, 5.41) is 10.9. The molecule has 1 aliphatic rings. The zero-order chi connectivity index (χ0) is 22.0. The molecule has 0 radical (unpaired) electrons. The number of methoxy groups -OCH3 is 1. The molecule has 1 atom stereocenters. The summed E-state index contributed by atoms with van der Waals surface area (Å²) in [6, 6.07) is 14.8. The molecule has 1 aliphatic heterocycles. The van der Waals surface area contributed by atoms with Crippen molar-refractivity contribution in [3.05, 3.63) is 101 Å². The maximum Gasteiger partial charge on any atom is 0.295 e. The summed E-state index contributed by atoms with van der Waals surface area (Å²) in [5.74, 6) is -1.73. The van der Waals surface area contributed by atoms with Gasteiger partial charge in [-0.15, -0.1) is 0 Å². The standard InChI is InChI=1S/C24H19FN2O4/c1-31-19-4-2-3-15(13-19)14-27-21(16-9-11-26-12-10-16)20(23(29)24(27)30)22(28)17-5-7-18(25)8-6-17/h2-13,21,28H,14H2,1H3/b22-20-. The number of halogens is 1. The first-order valence-electron chi connectivity index (χ1n) is 9.57. The Kier molecular flexibility index (Phi) is 5.49. The van der Waals surface area contributed by atoms with Crippen molar-refractivity contribution >= 4 is 17.4 Å². The van der Waals surface area contributed by atoms with Gasteiger partial charge < -0.3 is 14.7 Å². The lowest BCUT2D eigenvalue weighted by Gasteiger charge is -2.25. The van der Waals surface area contributed by atoms with Gasteiger partial charge in [0.2, 0.25) is 0 Å². The zero-order valence-electron chi connectivity index (χ0n) is 16.7. The molecule has 0 aliphatic carbocycles. The number of hydrogen-bond acceptors (Lipinski definition) is 5. The number of aromatic nitrogens is 1. The molecule has 4 rings (SSSR count). The summed E-state index contributed by atoms with van der Waals surface area (Å²) < 4.78 is 18.6. The van der Waals surface area contributed by atoms with Crippen LogP contribution in [0.4, 0.5) is 4.39 Å². The number of pyridine rings is 1. The van der Waals surface area contributed by atoms with Crippen LogP contribution in [0, 0.1) is 5.82 Å². The van der Waals surface area contributed by atoms with Crippen LogP contribution in [0.5, 0.6) is 5.75 Å². The number of aliphatic hydroxyl groups excluding tert-OH is 1. The number of aliphatic hydroxyl groups is 1. The Morgan fingerprint density at radius 3 is 2.48 bits per heavy atom. The van der Waals surface area contributed by atoms with E-state index in [9.17, 15) is 19.1 Å². The van der Waals surface area contributed by atoms with Gasteiger partial charge in [0.15, 0.2) is 0 Å². The summed E-state index contributed by atoms with van der Waals surface area (Å²) in [6.45, 7) is 0.134. The average molecular weight is 418 g/mol. The summed E-state index contributed by atoms with van der Waals surface area (Å²) >= 11 is 0. The quantitative estimate of drug-likeness (QED) is 0.387. The third-order valence-corrected chi connectivity index (χ3v) is 5.17. The molecular formula is C24H19FN2O4. The molecule has 156 valence electrons. The maximum absolute atomic E-state index is 13.3. The number of amides is 1. The monoisotopic (exact) mass is 418 g/mol. The van der Waals surface area contributed by atoms with Crippen molar-refractivity contribution in [3.63, 3.8) is 0 Å². The van der Waals surface area contributed by atoms with Gasteiger partial charge in [-0.25, -0.2) is 4.39 Å². The Morgan fingerprint density at radius 1 is 1.10 bits per heavy atom. The van der Waals surface area contributed by atoms with E-state index in [0.29, 0.717) is 11.3 Å². The largest absolute Gasteiger partial charge is 0.507 e. The molecule has 6 nitrogen and oxygen atoms in total. The van der Waals surface area contributed by atoms with Gasteiger partial charge in [-0.2, -0.15) is 0 Å². The van der Waals surface area contributed by atoms with E-state index in [4.69, 9.17) is 4.74 Å². The average Bonchev–Trinajstić information content (AvgIpc) is 3.04. The van der Waals surface area contributed by atoms with E-state index >= 15 is 0 Å². The van der Waals surface area contributed by atoms with Crippen molar-refractivity contribution < 1.29 is 23.8 Å². The lowest BCUT2D eigenvalue weighted by Crippen LogP contribution is -2.29. The molecule has 0 bridgehead atoms. The molecule has 31 heavy (non-hydrogen) atoms. The van der Waals surface area contributed by atoms with Crippen LogP contribution >= 0.6 is 0 Å². The Bertz CT molecular complexity index is 1160. The number of nitrogens with zero attached hydrogens (tertiary/aromatic N) is 2. The van der Waals surface area contributed by atoms with Gasteiger partial charge in [-0.05, 0) is 59.7 Å². The first kappa shape index (κ1) is 20.3. The number of hydrogen-bond donors (Lipinski definition) is 1. The number of ether oxygens (including phenoxy) is 1. The highest BCUT2D eigenvalue weighted by Crippen LogP contribution is 2.40. The summed E-state index contributed by atoms with van der Waals surface area (Å²) in [6.07, 6.45) is 3.11. The minimum Gasteiger partial charge on any atom is -0.507 e.